The number of benzene rings is 2. The summed E-state index contributed by atoms with van der Waals surface area (Å²) in [7, 11) is -0.149. The van der Waals surface area contributed by atoms with E-state index in [9.17, 15) is 0 Å². The molecule has 0 amide bonds. The van der Waals surface area contributed by atoms with Gasteiger partial charge in [0.1, 0.15) is 13.8 Å². The summed E-state index contributed by atoms with van der Waals surface area (Å²) in [6.07, 6.45) is 5.75. The average Bonchev–Trinajstić information content (AvgIpc) is 3.16. The third-order valence-corrected chi connectivity index (χ3v) is 12.3. The lowest BCUT2D eigenvalue weighted by Crippen LogP contribution is -2.59. The normalized spacial score (nSPS) is 14.2. The monoisotopic (exact) mass is 420 g/mol. The Kier molecular flexibility index (Phi) is 6.13. The second kappa shape index (κ2) is 8.03. The van der Waals surface area contributed by atoms with Crippen LogP contribution in [0, 0.1) is 0 Å². The molecule has 0 aliphatic heterocycles. The standard InChI is InChI=1S/C28H40OSi/c1-10-30(11-2,24-17-13-15-20-14-12-16-22(20)24)25-19-21(27(3,4)5)18-23(26(25)29-9)28(6,7)8/h12-13,15-19H,10-11,14H2,1-9H3. The highest BCUT2D eigenvalue weighted by Crippen LogP contribution is 2.37. The molecule has 0 N–H and O–H groups in total. The molecule has 3 rings (SSSR count). The first-order valence-electron chi connectivity index (χ1n) is 11.5. The van der Waals surface area contributed by atoms with E-state index in [0.29, 0.717) is 0 Å². The summed E-state index contributed by atoms with van der Waals surface area (Å²) in [6, 6.07) is 14.3. The molecule has 0 bridgehead atoms. The van der Waals surface area contributed by atoms with Crippen LogP contribution in [0.2, 0.25) is 12.1 Å². The van der Waals surface area contributed by atoms with Gasteiger partial charge in [0, 0.05) is 0 Å². The first kappa shape index (κ1) is 22.9. The Balaban J connectivity index is 2.43. The number of fused-ring (bicyclic) bond motifs is 1. The van der Waals surface area contributed by atoms with E-state index in [1.807, 2.05) is 7.11 Å². The van der Waals surface area contributed by atoms with Crippen LogP contribution in [0.1, 0.15) is 77.6 Å². The molecule has 2 aromatic carbocycles. The van der Waals surface area contributed by atoms with Crippen LogP contribution >= 0.6 is 0 Å². The zero-order chi connectivity index (χ0) is 22.3. The molecule has 1 aliphatic rings. The predicted octanol–water partition coefficient (Wildman–Crippen LogP) is 6.46. The van der Waals surface area contributed by atoms with Gasteiger partial charge in [0.05, 0.1) is 7.11 Å². The number of methoxy groups -OCH3 is 1. The minimum absolute atomic E-state index is 0.0293. The largest absolute Gasteiger partial charge is 0.497 e. The van der Waals surface area contributed by atoms with Gasteiger partial charge in [0.2, 0.25) is 0 Å². The van der Waals surface area contributed by atoms with E-state index < -0.39 is 8.07 Å². The first-order chi connectivity index (χ1) is 14.0. The summed E-state index contributed by atoms with van der Waals surface area (Å²) >= 11 is 0. The van der Waals surface area contributed by atoms with Crippen molar-refractivity contribution < 1.29 is 4.74 Å². The molecule has 0 fully saturated rings. The molecule has 1 nitrogen and oxygen atoms in total. The second-order valence-electron chi connectivity index (χ2n) is 10.9. The van der Waals surface area contributed by atoms with E-state index in [2.05, 4.69) is 97.9 Å². The highest BCUT2D eigenvalue weighted by atomic mass is 28.3. The Bertz CT molecular complexity index is 950. The maximum atomic E-state index is 6.24. The van der Waals surface area contributed by atoms with Crippen molar-refractivity contribution in [2.24, 2.45) is 0 Å². The van der Waals surface area contributed by atoms with Crippen molar-refractivity contribution in [3.05, 3.63) is 58.7 Å². The van der Waals surface area contributed by atoms with Crippen molar-refractivity contribution in [1.82, 2.24) is 0 Å². The molecule has 0 radical (unpaired) electrons. The Labute approximate surface area is 185 Å². The maximum absolute atomic E-state index is 6.24. The van der Waals surface area contributed by atoms with E-state index >= 15 is 0 Å². The van der Waals surface area contributed by atoms with Gasteiger partial charge in [0.15, 0.2) is 0 Å². The number of rotatable bonds is 5. The molecule has 0 saturated carbocycles. The van der Waals surface area contributed by atoms with Crippen LogP contribution in [-0.4, -0.2) is 15.2 Å². The summed E-state index contributed by atoms with van der Waals surface area (Å²) in [6.45, 7) is 18.7. The summed E-state index contributed by atoms with van der Waals surface area (Å²) in [5.74, 6) is 1.13. The lowest BCUT2D eigenvalue weighted by Gasteiger charge is -2.37. The molecule has 30 heavy (non-hydrogen) atoms. The van der Waals surface area contributed by atoms with Gasteiger partial charge < -0.3 is 4.74 Å². The molecular weight excluding hydrogens is 380 g/mol. The fraction of sp³-hybridized carbons (Fsp3) is 0.500. The lowest BCUT2D eigenvalue weighted by molar-refractivity contribution is 0.399. The van der Waals surface area contributed by atoms with Crippen molar-refractivity contribution in [3.8, 4) is 5.75 Å². The predicted molar refractivity (Wildman–Crippen MR) is 136 cm³/mol. The average molecular weight is 421 g/mol. The number of hydrogen-bond donors (Lipinski definition) is 0. The Hall–Kier alpha value is -1.80. The van der Waals surface area contributed by atoms with Crippen LogP contribution in [0.25, 0.3) is 6.08 Å². The Morgan fingerprint density at radius 2 is 1.57 bits per heavy atom. The number of allylic oxidation sites excluding steroid dienone is 1. The van der Waals surface area contributed by atoms with Crippen LogP contribution in [0.4, 0.5) is 0 Å². The smallest absolute Gasteiger partial charge is 0.123 e. The summed E-state index contributed by atoms with van der Waals surface area (Å²) in [5, 5.41) is 3.07. The Morgan fingerprint density at radius 1 is 0.900 bits per heavy atom. The molecule has 2 heteroatoms. The highest BCUT2D eigenvalue weighted by molar-refractivity contribution is 7.03. The van der Waals surface area contributed by atoms with Crippen molar-refractivity contribution in [3.63, 3.8) is 0 Å². The lowest BCUT2D eigenvalue weighted by atomic mass is 9.80. The van der Waals surface area contributed by atoms with Crippen LogP contribution in [0.15, 0.2) is 36.4 Å². The molecule has 0 aromatic heterocycles. The number of hydrogen-bond acceptors (Lipinski definition) is 1. The van der Waals surface area contributed by atoms with Gasteiger partial charge in [-0.2, -0.15) is 0 Å². The van der Waals surface area contributed by atoms with Gasteiger partial charge >= 0.3 is 0 Å². The van der Waals surface area contributed by atoms with Crippen molar-refractivity contribution in [2.75, 3.05) is 7.11 Å². The van der Waals surface area contributed by atoms with Crippen LogP contribution < -0.4 is 15.1 Å². The maximum Gasteiger partial charge on any atom is 0.123 e. The fourth-order valence-corrected chi connectivity index (χ4v) is 9.65. The van der Waals surface area contributed by atoms with Gasteiger partial charge in [-0.1, -0.05) is 110 Å². The van der Waals surface area contributed by atoms with E-state index in [4.69, 9.17) is 4.74 Å². The van der Waals surface area contributed by atoms with Gasteiger partial charge in [-0.25, -0.2) is 0 Å². The quantitative estimate of drug-likeness (QED) is 0.504. The molecule has 0 saturated heterocycles. The van der Waals surface area contributed by atoms with Crippen molar-refractivity contribution in [2.45, 2.75) is 84.7 Å². The Morgan fingerprint density at radius 3 is 2.10 bits per heavy atom. The topological polar surface area (TPSA) is 9.23 Å². The molecule has 2 aromatic rings. The molecular formula is C28H40OSi. The molecule has 162 valence electrons. The fourth-order valence-electron chi connectivity index (χ4n) is 5.06. The molecule has 1 aliphatic carbocycles. The SMILES string of the molecule is CC[Si](CC)(c1cccc2c1C=CC2)c1cc(C(C)(C)C)cc(C(C)(C)C)c1OC. The van der Waals surface area contributed by atoms with E-state index in [1.54, 1.807) is 5.19 Å². The van der Waals surface area contributed by atoms with E-state index in [0.717, 1.165) is 12.2 Å². The zero-order valence-corrected chi connectivity index (χ0v) is 21.6. The van der Waals surface area contributed by atoms with E-state index in [1.165, 1.54) is 39.5 Å². The summed E-state index contributed by atoms with van der Waals surface area (Å²) in [4.78, 5) is 0. The highest BCUT2D eigenvalue weighted by Gasteiger charge is 2.41. The van der Waals surface area contributed by atoms with Crippen LogP contribution in [0.3, 0.4) is 0 Å². The second-order valence-corrected chi connectivity index (χ2v) is 15.5. The minimum atomic E-state index is -2.01. The van der Waals surface area contributed by atoms with Crippen LogP contribution in [0.5, 0.6) is 5.75 Å². The summed E-state index contributed by atoms with van der Waals surface area (Å²) in [5.41, 5.74) is 5.85. The van der Waals surface area contributed by atoms with E-state index in [-0.39, 0.29) is 10.8 Å². The molecule has 0 spiro atoms. The summed E-state index contributed by atoms with van der Waals surface area (Å²) < 4.78 is 6.24. The number of ether oxygens (including phenoxy) is 1. The van der Waals surface area contributed by atoms with Crippen molar-refractivity contribution in [1.29, 1.82) is 0 Å². The molecule has 0 unspecified atom stereocenters. The van der Waals surface area contributed by atoms with Crippen LogP contribution in [-0.2, 0) is 17.3 Å². The van der Waals surface area contributed by atoms with Gasteiger partial charge in [-0.05, 0) is 49.9 Å². The zero-order valence-electron chi connectivity index (χ0n) is 20.6. The van der Waals surface area contributed by atoms with Gasteiger partial charge in [-0.15, -0.1) is 0 Å². The molecule has 0 heterocycles. The van der Waals surface area contributed by atoms with Gasteiger partial charge in [0.25, 0.3) is 0 Å². The first-order valence-corrected chi connectivity index (χ1v) is 13.9. The van der Waals surface area contributed by atoms with Gasteiger partial charge in [-0.3, -0.25) is 0 Å². The third kappa shape index (κ3) is 3.80. The van der Waals surface area contributed by atoms with Crippen molar-refractivity contribution >= 4 is 24.5 Å². The minimum Gasteiger partial charge on any atom is -0.497 e. The third-order valence-electron chi connectivity index (χ3n) is 7.02. The molecule has 0 atom stereocenters.